The maximum atomic E-state index is 10.7. The number of hydrogen-bond acceptors (Lipinski definition) is 4. The first-order chi connectivity index (χ1) is 13.1. The topological polar surface area (TPSA) is 87.0 Å². The van der Waals surface area contributed by atoms with Gasteiger partial charge in [-0.05, 0) is 32.1 Å². The maximum Gasteiger partial charge on any atom is 0.303 e. The van der Waals surface area contributed by atoms with E-state index in [-0.39, 0.29) is 12.5 Å². The molecule has 0 aliphatic carbocycles. The number of aliphatic hydroxyl groups excluding tert-OH is 1. The Kier molecular flexibility index (Phi) is 16.6. The van der Waals surface area contributed by atoms with Gasteiger partial charge in [0.1, 0.15) is 6.04 Å². The van der Waals surface area contributed by atoms with Crippen LogP contribution in [0.4, 0.5) is 0 Å². The number of nitrogens with zero attached hydrogens (tertiary/aromatic N) is 1. The maximum absolute atomic E-state index is 10.7. The molecule has 0 amide bonds. The monoisotopic (exact) mass is 373 g/mol. The third-order valence-corrected chi connectivity index (χ3v) is 3.42. The number of carboxylic acid groups (broad SMARTS) is 1. The van der Waals surface area contributed by atoms with Crippen LogP contribution in [0.1, 0.15) is 45.4 Å². The number of carbonyl (C=O) groups is 1. The average molecular weight is 373 g/mol. The molecule has 0 unspecified atom stereocenters. The molecule has 0 bridgehead atoms. The lowest BCUT2D eigenvalue weighted by atomic mass is 10.2. The van der Waals surface area contributed by atoms with Gasteiger partial charge in [-0.2, -0.15) is 4.91 Å². The van der Waals surface area contributed by atoms with Crippen molar-refractivity contribution >= 4 is 5.97 Å². The zero-order chi connectivity index (χ0) is 20.2. The number of rotatable bonds is 15. The smallest absolute Gasteiger partial charge is 0.303 e. The fourth-order valence-corrected chi connectivity index (χ4v) is 1.98. The van der Waals surface area contributed by atoms with E-state index in [9.17, 15) is 14.8 Å². The van der Waals surface area contributed by atoms with Crippen LogP contribution in [0.25, 0.3) is 0 Å². The van der Waals surface area contributed by atoms with Gasteiger partial charge >= 0.3 is 5.97 Å². The first-order valence-electron chi connectivity index (χ1n) is 9.29. The summed E-state index contributed by atoms with van der Waals surface area (Å²) in [5.74, 6) is -0.793. The molecule has 0 saturated carbocycles. The zero-order valence-electron chi connectivity index (χ0n) is 16.0. The summed E-state index contributed by atoms with van der Waals surface area (Å²) >= 11 is 0. The summed E-state index contributed by atoms with van der Waals surface area (Å²) in [6.07, 6.45) is 25.0. The molecule has 2 atom stereocenters. The van der Waals surface area contributed by atoms with Crippen molar-refractivity contribution in [1.82, 2.24) is 0 Å². The summed E-state index contributed by atoms with van der Waals surface area (Å²) in [6.45, 7) is 2.04. The van der Waals surface area contributed by atoms with Crippen LogP contribution in [-0.2, 0) is 4.79 Å². The molecule has 5 nitrogen and oxygen atoms in total. The lowest BCUT2D eigenvalue weighted by Crippen LogP contribution is -1.98. The van der Waals surface area contributed by atoms with Crippen molar-refractivity contribution in [2.24, 2.45) is 5.18 Å². The molecule has 0 aliphatic heterocycles. The summed E-state index contributed by atoms with van der Waals surface area (Å²) in [5.41, 5.74) is 0. The van der Waals surface area contributed by atoms with Crippen LogP contribution in [0, 0.1) is 4.91 Å². The lowest BCUT2D eigenvalue weighted by Gasteiger charge is -1.98. The highest BCUT2D eigenvalue weighted by Gasteiger charge is 1.99. The Morgan fingerprint density at radius 1 is 0.926 bits per heavy atom. The van der Waals surface area contributed by atoms with E-state index in [0.717, 1.165) is 12.8 Å². The average Bonchev–Trinajstić information content (AvgIpc) is 2.65. The molecule has 0 aliphatic rings. The summed E-state index contributed by atoms with van der Waals surface area (Å²) < 4.78 is 0. The fourth-order valence-electron chi connectivity index (χ4n) is 1.98. The van der Waals surface area contributed by atoms with Crippen molar-refractivity contribution in [3.63, 3.8) is 0 Å². The molecule has 0 aromatic heterocycles. The Bertz CT molecular complexity index is 571. The summed E-state index contributed by atoms with van der Waals surface area (Å²) in [4.78, 5) is 21.0. The zero-order valence-corrected chi connectivity index (χ0v) is 16.0. The largest absolute Gasteiger partial charge is 0.481 e. The Hall–Kier alpha value is -2.53. The number of aliphatic carboxylic acids is 1. The molecule has 27 heavy (non-hydrogen) atoms. The molecule has 0 radical (unpaired) electrons. The molecule has 0 rings (SSSR count). The normalized spacial score (nSPS) is 15.2. The van der Waals surface area contributed by atoms with Crippen LogP contribution in [0.3, 0.4) is 0 Å². The van der Waals surface area contributed by atoms with Gasteiger partial charge in [0.15, 0.2) is 0 Å². The molecule has 5 heteroatoms. The van der Waals surface area contributed by atoms with Crippen LogP contribution in [0.5, 0.6) is 0 Å². The van der Waals surface area contributed by atoms with Crippen molar-refractivity contribution in [2.45, 2.75) is 57.6 Å². The SMILES string of the molecule is CC/C=C\C[C@H](\C=C/C=C/C=C/[C@@H](O)C/C=C\C/C=C\CCC(=O)O)N=O. The summed E-state index contributed by atoms with van der Waals surface area (Å²) in [7, 11) is 0. The first-order valence-corrected chi connectivity index (χ1v) is 9.29. The van der Waals surface area contributed by atoms with Crippen molar-refractivity contribution in [3.8, 4) is 0 Å². The first kappa shape index (κ1) is 24.5. The fraction of sp³-hybridized carbons (Fsp3) is 0.409. The molecule has 2 N–H and O–H groups in total. The van der Waals surface area contributed by atoms with Gasteiger partial charge in [-0.3, -0.25) is 4.79 Å². The number of aliphatic hydroxyl groups is 1. The Morgan fingerprint density at radius 3 is 2.26 bits per heavy atom. The predicted octanol–water partition coefficient (Wildman–Crippen LogP) is 5.26. The molecule has 0 heterocycles. The van der Waals surface area contributed by atoms with Gasteiger partial charge in [0, 0.05) is 6.42 Å². The van der Waals surface area contributed by atoms with E-state index in [1.165, 1.54) is 0 Å². The third-order valence-electron chi connectivity index (χ3n) is 3.42. The lowest BCUT2D eigenvalue weighted by molar-refractivity contribution is -0.136. The van der Waals surface area contributed by atoms with E-state index < -0.39 is 12.1 Å². The second-order valence-corrected chi connectivity index (χ2v) is 5.86. The van der Waals surface area contributed by atoms with Gasteiger partial charge in [0.2, 0.25) is 0 Å². The van der Waals surface area contributed by atoms with Gasteiger partial charge in [0.05, 0.1) is 6.10 Å². The number of hydrogen-bond donors (Lipinski definition) is 2. The minimum atomic E-state index is -0.793. The van der Waals surface area contributed by atoms with Gasteiger partial charge < -0.3 is 10.2 Å². The van der Waals surface area contributed by atoms with Crippen LogP contribution in [0.2, 0.25) is 0 Å². The molecular weight excluding hydrogens is 342 g/mol. The Morgan fingerprint density at radius 2 is 1.59 bits per heavy atom. The quantitative estimate of drug-likeness (QED) is 0.233. The Labute approximate surface area is 162 Å². The van der Waals surface area contributed by atoms with E-state index in [4.69, 9.17) is 5.11 Å². The highest BCUT2D eigenvalue weighted by atomic mass is 16.4. The molecule has 148 valence electrons. The number of carboxylic acids is 1. The van der Waals surface area contributed by atoms with Gasteiger partial charge in [-0.1, -0.05) is 85.0 Å². The minimum absolute atomic E-state index is 0.147. The van der Waals surface area contributed by atoms with E-state index >= 15 is 0 Å². The van der Waals surface area contributed by atoms with Crippen LogP contribution >= 0.6 is 0 Å². The molecule has 0 saturated heterocycles. The van der Waals surface area contributed by atoms with Crippen molar-refractivity contribution in [2.75, 3.05) is 0 Å². The number of allylic oxidation sites excluding steroid dienone is 8. The highest BCUT2D eigenvalue weighted by Crippen LogP contribution is 2.02. The van der Waals surface area contributed by atoms with Gasteiger partial charge in [0.25, 0.3) is 0 Å². The predicted molar refractivity (Wildman–Crippen MR) is 111 cm³/mol. The standard InChI is InChI=1S/C22H31NO4/c1-2-3-10-15-20(23-27)16-11-8-9-13-18-21(24)17-12-6-4-5-7-14-19-22(25)26/h3,5-13,16,18,20-21,24H,2,4,14-15,17,19H2,1H3,(H,25,26)/b7-5-,9-8+,10-3-,12-6-,16-11-,18-13+/t20-,21+/m1/s1. The summed E-state index contributed by atoms with van der Waals surface area (Å²) in [6, 6.07) is -0.352. The van der Waals surface area contributed by atoms with E-state index in [0.29, 0.717) is 19.3 Å². The van der Waals surface area contributed by atoms with Crippen LogP contribution < -0.4 is 0 Å². The van der Waals surface area contributed by atoms with E-state index in [1.807, 2.05) is 43.4 Å². The molecule has 0 aromatic rings. The summed E-state index contributed by atoms with van der Waals surface area (Å²) in [5, 5.41) is 21.4. The molecule has 0 aromatic carbocycles. The van der Waals surface area contributed by atoms with Crippen LogP contribution in [-0.4, -0.2) is 28.3 Å². The highest BCUT2D eigenvalue weighted by molar-refractivity contribution is 5.66. The van der Waals surface area contributed by atoms with E-state index in [2.05, 4.69) is 5.18 Å². The second kappa shape index (κ2) is 18.3. The third kappa shape index (κ3) is 18.1. The minimum Gasteiger partial charge on any atom is -0.481 e. The molecule has 0 spiro atoms. The Balaban J connectivity index is 4.00. The van der Waals surface area contributed by atoms with Crippen LogP contribution in [0.15, 0.2) is 78.1 Å². The van der Waals surface area contributed by atoms with Gasteiger partial charge in [-0.25, -0.2) is 0 Å². The molecule has 0 fully saturated rings. The second-order valence-electron chi connectivity index (χ2n) is 5.86. The van der Waals surface area contributed by atoms with Crippen molar-refractivity contribution in [1.29, 1.82) is 0 Å². The van der Waals surface area contributed by atoms with Crippen molar-refractivity contribution in [3.05, 3.63) is 77.8 Å². The van der Waals surface area contributed by atoms with E-state index in [1.54, 1.807) is 36.5 Å². The molecular formula is C22H31NO4. The van der Waals surface area contributed by atoms with Gasteiger partial charge in [-0.15, -0.1) is 0 Å². The van der Waals surface area contributed by atoms with Crippen molar-refractivity contribution < 1.29 is 15.0 Å². The number of nitroso groups, excluding NO2 is 1.